The highest BCUT2D eigenvalue weighted by Crippen LogP contribution is 2.59. The number of Topliss-reactive ketones (excluding diaryl/α,β-unsaturated/α-hetero) is 1. The van der Waals surface area contributed by atoms with Gasteiger partial charge in [-0.2, -0.15) is 5.10 Å². The van der Waals surface area contributed by atoms with E-state index in [1.165, 1.54) is 35.7 Å². The number of hydrogen-bond acceptors (Lipinski definition) is 2. The first kappa shape index (κ1) is 15.5. The van der Waals surface area contributed by atoms with Crippen LogP contribution in [0.2, 0.25) is 0 Å². The fourth-order valence-corrected chi connectivity index (χ4v) is 3.82. The van der Waals surface area contributed by atoms with Gasteiger partial charge in [0.15, 0.2) is 5.78 Å². The molecule has 2 aliphatic carbocycles. The van der Waals surface area contributed by atoms with E-state index in [0.717, 1.165) is 17.4 Å². The van der Waals surface area contributed by atoms with Gasteiger partial charge in [0.25, 0.3) is 6.43 Å². The zero-order valence-corrected chi connectivity index (χ0v) is 13.6. The summed E-state index contributed by atoms with van der Waals surface area (Å²) >= 11 is 0. The molecule has 4 rings (SSSR count). The van der Waals surface area contributed by atoms with E-state index in [0.29, 0.717) is 5.92 Å². The lowest BCUT2D eigenvalue weighted by Gasteiger charge is -2.09. The lowest BCUT2D eigenvalue weighted by molar-refractivity contribution is 0.0977. The Morgan fingerprint density at radius 3 is 2.79 bits per heavy atom. The number of rotatable bonds is 6. The van der Waals surface area contributed by atoms with Crippen molar-refractivity contribution in [2.75, 3.05) is 0 Å². The molecule has 5 heteroatoms. The third kappa shape index (κ3) is 2.87. The molecule has 1 aromatic carbocycles. The van der Waals surface area contributed by atoms with Gasteiger partial charge in [-0.3, -0.25) is 9.48 Å². The van der Waals surface area contributed by atoms with Gasteiger partial charge in [-0.05, 0) is 48.1 Å². The molecule has 0 bridgehead atoms. The molecule has 2 fully saturated rings. The summed E-state index contributed by atoms with van der Waals surface area (Å²) in [5.41, 5.74) is 1.82. The second-order valence-corrected chi connectivity index (χ2v) is 7.04. The summed E-state index contributed by atoms with van der Waals surface area (Å²) in [5, 5.41) is 3.73. The molecule has 0 spiro atoms. The normalized spacial score (nSPS) is 22.8. The van der Waals surface area contributed by atoms with Crippen LogP contribution in [0.25, 0.3) is 0 Å². The Labute approximate surface area is 139 Å². The van der Waals surface area contributed by atoms with E-state index in [-0.39, 0.29) is 17.8 Å². The van der Waals surface area contributed by atoms with Crippen molar-refractivity contribution in [3.05, 3.63) is 52.8 Å². The molecule has 2 unspecified atom stereocenters. The molecule has 126 valence electrons. The molecule has 0 radical (unpaired) electrons. The average Bonchev–Trinajstić information content (AvgIpc) is 3.44. The van der Waals surface area contributed by atoms with Crippen LogP contribution in [0.5, 0.6) is 0 Å². The molecule has 2 saturated carbocycles. The summed E-state index contributed by atoms with van der Waals surface area (Å²) in [6, 6.07) is 7.96. The standard InChI is InChI=1S/C19H20F2N2O/c1-23-10-16(18(22-23)19(20)21)17(24)8-12-4-2-3-5-13(12)15-9-14(15)11-6-7-11/h2-5,10-11,14-15,19H,6-9H2,1H3. The minimum absolute atomic E-state index is 0.0387. The van der Waals surface area contributed by atoms with Crippen LogP contribution in [0.15, 0.2) is 30.5 Å². The van der Waals surface area contributed by atoms with E-state index in [2.05, 4.69) is 11.2 Å². The number of carbonyl (C=O) groups is 1. The van der Waals surface area contributed by atoms with Gasteiger partial charge in [-0.15, -0.1) is 0 Å². The van der Waals surface area contributed by atoms with E-state index >= 15 is 0 Å². The van der Waals surface area contributed by atoms with E-state index in [4.69, 9.17) is 0 Å². The van der Waals surface area contributed by atoms with Gasteiger partial charge in [0.05, 0.1) is 5.56 Å². The number of benzene rings is 1. The summed E-state index contributed by atoms with van der Waals surface area (Å²) in [6.07, 6.45) is 2.69. The van der Waals surface area contributed by atoms with E-state index < -0.39 is 12.1 Å². The summed E-state index contributed by atoms with van der Waals surface area (Å²) in [6.45, 7) is 0. The molecule has 24 heavy (non-hydrogen) atoms. The molecule has 1 aromatic heterocycles. The number of halogens is 2. The Balaban J connectivity index is 1.56. The largest absolute Gasteiger partial charge is 0.294 e. The molecule has 2 aromatic rings. The lowest BCUT2D eigenvalue weighted by Crippen LogP contribution is -2.08. The SMILES string of the molecule is Cn1cc(C(=O)Cc2ccccc2C2CC2C2CC2)c(C(F)F)n1. The van der Waals surface area contributed by atoms with Gasteiger partial charge in [0.2, 0.25) is 0 Å². The maximum absolute atomic E-state index is 13.1. The third-order valence-electron chi connectivity index (χ3n) is 5.24. The smallest absolute Gasteiger partial charge is 0.282 e. The molecule has 0 aliphatic heterocycles. The van der Waals surface area contributed by atoms with Gasteiger partial charge in [0.1, 0.15) is 5.69 Å². The zero-order valence-electron chi connectivity index (χ0n) is 13.6. The van der Waals surface area contributed by atoms with Crippen LogP contribution in [-0.4, -0.2) is 15.6 Å². The maximum atomic E-state index is 13.1. The van der Waals surface area contributed by atoms with Crippen molar-refractivity contribution < 1.29 is 13.6 Å². The van der Waals surface area contributed by atoms with Gasteiger partial charge < -0.3 is 0 Å². The van der Waals surface area contributed by atoms with Crippen molar-refractivity contribution in [2.24, 2.45) is 18.9 Å². The number of carbonyl (C=O) groups excluding carboxylic acids is 1. The first-order chi connectivity index (χ1) is 11.5. The van der Waals surface area contributed by atoms with Crippen molar-refractivity contribution in [1.29, 1.82) is 0 Å². The summed E-state index contributed by atoms with van der Waals surface area (Å²) in [4.78, 5) is 12.6. The van der Waals surface area contributed by atoms with Gasteiger partial charge in [-0.25, -0.2) is 8.78 Å². The van der Waals surface area contributed by atoms with E-state index in [1.54, 1.807) is 7.05 Å². The quantitative estimate of drug-likeness (QED) is 0.740. The Morgan fingerprint density at radius 2 is 2.08 bits per heavy atom. The lowest BCUT2D eigenvalue weighted by atomic mass is 9.95. The van der Waals surface area contributed by atoms with Crippen LogP contribution in [0, 0.1) is 11.8 Å². The number of alkyl halides is 2. The Morgan fingerprint density at radius 1 is 1.33 bits per heavy atom. The molecular formula is C19H20F2N2O. The highest BCUT2D eigenvalue weighted by atomic mass is 19.3. The molecule has 3 nitrogen and oxygen atoms in total. The van der Waals surface area contributed by atoms with Gasteiger partial charge in [0, 0.05) is 19.7 Å². The monoisotopic (exact) mass is 330 g/mol. The van der Waals surface area contributed by atoms with Crippen LogP contribution >= 0.6 is 0 Å². The predicted molar refractivity (Wildman–Crippen MR) is 86.2 cm³/mol. The molecule has 2 atom stereocenters. The first-order valence-electron chi connectivity index (χ1n) is 8.47. The number of aromatic nitrogens is 2. The number of aryl methyl sites for hydroxylation is 1. The van der Waals surface area contributed by atoms with E-state index in [1.807, 2.05) is 18.2 Å². The molecule has 0 amide bonds. The fourth-order valence-electron chi connectivity index (χ4n) is 3.82. The van der Waals surface area contributed by atoms with Crippen molar-refractivity contribution in [3.8, 4) is 0 Å². The summed E-state index contributed by atoms with van der Waals surface area (Å²) < 4.78 is 27.4. The van der Waals surface area contributed by atoms with Crippen LogP contribution < -0.4 is 0 Å². The van der Waals surface area contributed by atoms with Crippen LogP contribution in [0.1, 0.15) is 58.8 Å². The second kappa shape index (κ2) is 5.80. The van der Waals surface area contributed by atoms with Gasteiger partial charge in [-0.1, -0.05) is 24.3 Å². The molecule has 0 saturated heterocycles. The summed E-state index contributed by atoms with van der Waals surface area (Å²) in [7, 11) is 1.56. The van der Waals surface area contributed by atoms with Crippen molar-refractivity contribution in [2.45, 2.75) is 38.0 Å². The average molecular weight is 330 g/mol. The predicted octanol–water partition coefficient (Wildman–Crippen LogP) is 4.30. The maximum Gasteiger partial charge on any atom is 0.282 e. The van der Waals surface area contributed by atoms with Crippen LogP contribution in [-0.2, 0) is 13.5 Å². The van der Waals surface area contributed by atoms with Crippen LogP contribution in [0.4, 0.5) is 8.78 Å². The molecule has 0 N–H and O–H groups in total. The number of ketones is 1. The summed E-state index contributed by atoms with van der Waals surface area (Å²) in [5.74, 6) is 1.89. The zero-order chi connectivity index (χ0) is 16.8. The second-order valence-electron chi connectivity index (χ2n) is 7.04. The first-order valence-corrected chi connectivity index (χ1v) is 8.47. The Bertz CT molecular complexity index is 779. The topological polar surface area (TPSA) is 34.9 Å². The minimum atomic E-state index is -2.73. The molecule has 2 aliphatic rings. The van der Waals surface area contributed by atoms with Crippen molar-refractivity contribution >= 4 is 5.78 Å². The number of hydrogen-bond donors (Lipinski definition) is 0. The van der Waals surface area contributed by atoms with E-state index in [9.17, 15) is 13.6 Å². The van der Waals surface area contributed by atoms with Gasteiger partial charge >= 0.3 is 0 Å². The Kier molecular flexibility index (Phi) is 3.74. The highest BCUT2D eigenvalue weighted by molar-refractivity contribution is 5.98. The Hall–Kier alpha value is -2.04. The third-order valence-corrected chi connectivity index (χ3v) is 5.24. The molecule has 1 heterocycles. The van der Waals surface area contributed by atoms with Crippen molar-refractivity contribution in [1.82, 2.24) is 9.78 Å². The number of nitrogens with zero attached hydrogens (tertiary/aromatic N) is 2. The fraction of sp³-hybridized carbons (Fsp3) is 0.474. The highest BCUT2D eigenvalue weighted by Gasteiger charge is 2.48. The molecular weight excluding hydrogens is 310 g/mol. The van der Waals surface area contributed by atoms with Crippen LogP contribution in [0.3, 0.4) is 0 Å². The minimum Gasteiger partial charge on any atom is -0.294 e. The van der Waals surface area contributed by atoms with Crippen molar-refractivity contribution in [3.63, 3.8) is 0 Å².